The topological polar surface area (TPSA) is 53.4 Å². The van der Waals surface area contributed by atoms with Gasteiger partial charge in [0.15, 0.2) is 0 Å². The van der Waals surface area contributed by atoms with Gasteiger partial charge in [0.2, 0.25) is 0 Å². The van der Waals surface area contributed by atoms with Crippen molar-refractivity contribution in [3.8, 4) is 0 Å². The lowest BCUT2D eigenvalue weighted by molar-refractivity contribution is 0.0672. The highest BCUT2D eigenvalue weighted by atomic mass is 16.3. The van der Waals surface area contributed by atoms with Crippen LogP contribution in [0.5, 0.6) is 0 Å². The number of nitrogens with zero attached hydrogens (tertiary/aromatic N) is 2. The first-order chi connectivity index (χ1) is 9.29. The Kier molecular flexibility index (Phi) is 3.17. The van der Waals surface area contributed by atoms with Gasteiger partial charge in [-0.25, -0.2) is 4.98 Å². The molecule has 2 heterocycles. The maximum atomic E-state index is 12.4. The lowest BCUT2D eigenvalue weighted by atomic mass is 10.2. The third-order valence-corrected chi connectivity index (χ3v) is 3.67. The van der Waals surface area contributed by atoms with E-state index in [1.165, 1.54) is 0 Å². The Balaban J connectivity index is 1.93. The first-order valence-corrected chi connectivity index (χ1v) is 6.57. The number of amides is 1. The number of carbonyl (C=O) groups excluding carboxylic acids is 1. The second kappa shape index (κ2) is 4.97. The van der Waals surface area contributed by atoms with E-state index >= 15 is 0 Å². The van der Waals surface area contributed by atoms with Crippen LogP contribution in [-0.2, 0) is 0 Å². The van der Waals surface area contributed by atoms with Crippen LogP contribution in [0.25, 0.3) is 10.9 Å². The van der Waals surface area contributed by atoms with Gasteiger partial charge in [0.05, 0.1) is 18.2 Å². The van der Waals surface area contributed by atoms with E-state index in [-0.39, 0.29) is 18.6 Å². The van der Waals surface area contributed by atoms with Gasteiger partial charge >= 0.3 is 0 Å². The van der Waals surface area contributed by atoms with Crippen molar-refractivity contribution in [3.63, 3.8) is 0 Å². The summed E-state index contributed by atoms with van der Waals surface area (Å²) in [6.45, 7) is 0.734. The summed E-state index contributed by atoms with van der Waals surface area (Å²) in [6, 6.07) is 11.4. The molecule has 19 heavy (non-hydrogen) atoms. The minimum atomic E-state index is -0.0812. The van der Waals surface area contributed by atoms with E-state index < -0.39 is 0 Å². The van der Waals surface area contributed by atoms with Crippen molar-refractivity contribution in [2.45, 2.75) is 18.9 Å². The number of carbonyl (C=O) groups is 1. The van der Waals surface area contributed by atoms with Crippen LogP contribution >= 0.6 is 0 Å². The monoisotopic (exact) mass is 256 g/mol. The first kappa shape index (κ1) is 12.1. The summed E-state index contributed by atoms with van der Waals surface area (Å²) >= 11 is 0. The van der Waals surface area contributed by atoms with Gasteiger partial charge in [-0.3, -0.25) is 4.79 Å². The second-order valence-corrected chi connectivity index (χ2v) is 4.87. The van der Waals surface area contributed by atoms with Gasteiger partial charge in [-0.05, 0) is 25.0 Å². The summed E-state index contributed by atoms with van der Waals surface area (Å²) in [4.78, 5) is 18.6. The summed E-state index contributed by atoms with van der Waals surface area (Å²) in [5, 5.41) is 10.3. The van der Waals surface area contributed by atoms with E-state index in [1.807, 2.05) is 30.3 Å². The van der Waals surface area contributed by atoms with Crippen LogP contribution in [0.3, 0.4) is 0 Å². The number of aliphatic hydroxyl groups excluding tert-OH is 1. The highest BCUT2D eigenvalue weighted by molar-refractivity contribution is 5.95. The van der Waals surface area contributed by atoms with Crippen molar-refractivity contribution >= 4 is 16.8 Å². The lowest BCUT2D eigenvalue weighted by Crippen LogP contribution is -2.38. The molecule has 1 fully saturated rings. The molecule has 3 rings (SSSR count). The number of likely N-dealkylation sites (tertiary alicyclic amines) is 1. The molecule has 0 spiro atoms. The highest BCUT2D eigenvalue weighted by Gasteiger charge is 2.29. The molecule has 1 aromatic carbocycles. The number of aliphatic hydroxyl groups is 1. The molecular weight excluding hydrogens is 240 g/mol. The van der Waals surface area contributed by atoms with Gasteiger partial charge in [-0.15, -0.1) is 0 Å². The maximum Gasteiger partial charge on any atom is 0.272 e. The molecule has 0 bridgehead atoms. The van der Waals surface area contributed by atoms with Crippen molar-refractivity contribution in [1.82, 2.24) is 9.88 Å². The summed E-state index contributed by atoms with van der Waals surface area (Å²) in [6.07, 6.45) is 1.82. The number of para-hydroxylation sites is 1. The molecule has 1 atom stereocenters. The zero-order valence-electron chi connectivity index (χ0n) is 10.6. The Hall–Kier alpha value is -1.94. The Morgan fingerprint density at radius 1 is 1.32 bits per heavy atom. The lowest BCUT2D eigenvalue weighted by Gasteiger charge is -2.22. The molecule has 1 N–H and O–H groups in total. The van der Waals surface area contributed by atoms with Crippen LogP contribution in [0.15, 0.2) is 36.4 Å². The van der Waals surface area contributed by atoms with E-state index in [9.17, 15) is 9.90 Å². The van der Waals surface area contributed by atoms with Gasteiger partial charge in [0, 0.05) is 11.9 Å². The molecule has 0 saturated carbocycles. The third kappa shape index (κ3) is 2.19. The molecule has 2 aromatic rings. The fourth-order valence-corrected chi connectivity index (χ4v) is 2.63. The number of aromatic nitrogens is 1. The fourth-order valence-electron chi connectivity index (χ4n) is 2.63. The normalized spacial score (nSPS) is 19.0. The predicted molar refractivity (Wildman–Crippen MR) is 72.9 cm³/mol. The molecule has 0 aliphatic carbocycles. The average molecular weight is 256 g/mol. The largest absolute Gasteiger partial charge is 0.394 e. The average Bonchev–Trinajstić information content (AvgIpc) is 2.94. The number of rotatable bonds is 2. The Morgan fingerprint density at radius 2 is 2.16 bits per heavy atom. The van der Waals surface area contributed by atoms with Crippen molar-refractivity contribution in [3.05, 3.63) is 42.1 Å². The summed E-state index contributed by atoms with van der Waals surface area (Å²) in [7, 11) is 0. The van der Waals surface area contributed by atoms with Crippen LogP contribution in [0.4, 0.5) is 0 Å². The smallest absolute Gasteiger partial charge is 0.272 e. The van der Waals surface area contributed by atoms with Crippen molar-refractivity contribution in [1.29, 1.82) is 0 Å². The minimum absolute atomic E-state index is 0.0271. The van der Waals surface area contributed by atoms with Crippen LogP contribution in [0, 0.1) is 0 Å². The quantitative estimate of drug-likeness (QED) is 0.892. The summed E-state index contributed by atoms with van der Waals surface area (Å²) in [5.74, 6) is -0.0812. The predicted octanol–water partition coefficient (Wildman–Crippen LogP) is 1.83. The van der Waals surface area contributed by atoms with E-state index in [2.05, 4.69) is 4.98 Å². The van der Waals surface area contributed by atoms with Crippen molar-refractivity contribution in [2.24, 2.45) is 0 Å². The van der Waals surface area contributed by atoms with E-state index in [0.717, 1.165) is 23.7 Å². The van der Waals surface area contributed by atoms with E-state index in [1.54, 1.807) is 11.0 Å². The first-order valence-electron chi connectivity index (χ1n) is 6.57. The molecule has 1 aliphatic heterocycles. The molecule has 4 nitrogen and oxygen atoms in total. The molecule has 1 amide bonds. The number of hydrogen-bond acceptors (Lipinski definition) is 3. The van der Waals surface area contributed by atoms with Crippen molar-refractivity contribution < 1.29 is 9.90 Å². The molecule has 1 saturated heterocycles. The molecule has 1 unspecified atom stereocenters. The SMILES string of the molecule is O=C(c1ccc2ccccc2n1)N1CCCC1CO. The third-order valence-electron chi connectivity index (χ3n) is 3.67. The standard InChI is InChI=1S/C15H16N2O2/c18-10-12-5-3-9-17(12)15(19)14-8-7-11-4-1-2-6-13(11)16-14/h1-2,4,6-8,12,18H,3,5,9-10H2. The van der Waals surface area contributed by atoms with Gasteiger partial charge in [0.25, 0.3) is 5.91 Å². The molecule has 98 valence electrons. The van der Waals surface area contributed by atoms with E-state index in [0.29, 0.717) is 12.2 Å². The van der Waals surface area contributed by atoms with Gasteiger partial charge in [0.1, 0.15) is 5.69 Å². The Labute approximate surface area is 111 Å². The van der Waals surface area contributed by atoms with Crippen molar-refractivity contribution in [2.75, 3.05) is 13.2 Å². The zero-order valence-corrected chi connectivity index (χ0v) is 10.6. The van der Waals surface area contributed by atoms with Gasteiger partial charge < -0.3 is 10.0 Å². The number of fused-ring (bicyclic) bond motifs is 1. The van der Waals surface area contributed by atoms with Crippen LogP contribution in [0.1, 0.15) is 23.3 Å². The van der Waals surface area contributed by atoms with Crippen LogP contribution in [-0.4, -0.2) is 40.1 Å². The Morgan fingerprint density at radius 3 is 3.00 bits per heavy atom. The van der Waals surface area contributed by atoms with Gasteiger partial charge in [-0.1, -0.05) is 24.3 Å². The summed E-state index contributed by atoms with van der Waals surface area (Å²) < 4.78 is 0. The summed E-state index contributed by atoms with van der Waals surface area (Å²) in [5.41, 5.74) is 1.28. The maximum absolute atomic E-state index is 12.4. The number of benzene rings is 1. The molecule has 1 aromatic heterocycles. The Bertz CT molecular complexity index is 612. The fraction of sp³-hybridized carbons (Fsp3) is 0.333. The zero-order chi connectivity index (χ0) is 13.2. The number of pyridine rings is 1. The van der Waals surface area contributed by atoms with E-state index in [4.69, 9.17) is 0 Å². The molecular formula is C15H16N2O2. The van der Waals surface area contributed by atoms with Gasteiger partial charge in [-0.2, -0.15) is 0 Å². The highest BCUT2D eigenvalue weighted by Crippen LogP contribution is 2.20. The second-order valence-electron chi connectivity index (χ2n) is 4.87. The van der Waals surface area contributed by atoms with Crippen LogP contribution in [0.2, 0.25) is 0 Å². The minimum Gasteiger partial charge on any atom is -0.394 e. The number of hydrogen-bond donors (Lipinski definition) is 1. The molecule has 4 heteroatoms. The molecule has 0 radical (unpaired) electrons. The van der Waals surface area contributed by atoms with Crippen LogP contribution < -0.4 is 0 Å². The molecule has 1 aliphatic rings.